The van der Waals surface area contributed by atoms with E-state index in [4.69, 9.17) is 0 Å². The number of thioether (sulfide) groups is 1. The second-order valence-corrected chi connectivity index (χ2v) is 5.30. The van der Waals surface area contributed by atoms with Gasteiger partial charge in [-0.25, -0.2) is 0 Å². The van der Waals surface area contributed by atoms with E-state index in [2.05, 4.69) is 78.3 Å². The Bertz CT molecular complexity index is 689. The Balaban J connectivity index is 1.87. The van der Waals surface area contributed by atoms with Gasteiger partial charge in [-0.3, -0.25) is 0 Å². The minimum absolute atomic E-state index is 1.12. The molecule has 19 heavy (non-hydrogen) atoms. The van der Waals surface area contributed by atoms with Gasteiger partial charge in [0, 0.05) is 16.3 Å². The lowest BCUT2D eigenvalue weighted by Crippen LogP contribution is -1.89. The average molecular weight is 265 g/mol. The van der Waals surface area contributed by atoms with Crippen molar-refractivity contribution < 1.29 is 0 Å². The van der Waals surface area contributed by atoms with Crippen molar-refractivity contribution in [2.75, 3.05) is 11.6 Å². The van der Waals surface area contributed by atoms with Crippen LogP contribution in [-0.4, -0.2) is 6.26 Å². The minimum Gasteiger partial charge on any atom is -0.356 e. The summed E-state index contributed by atoms with van der Waals surface area (Å²) in [6.07, 6.45) is 2.09. The van der Waals surface area contributed by atoms with E-state index in [1.807, 2.05) is 0 Å². The largest absolute Gasteiger partial charge is 0.356 e. The van der Waals surface area contributed by atoms with Crippen LogP contribution in [0.1, 0.15) is 0 Å². The maximum absolute atomic E-state index is 3.44. The summed E-state index contributed by atoms with van der Waals surface area (Å²) < 4.78 is 0. The Kier molecular flexibility index (Phi) is 3.43. The summed E-state index contributed by atoms with van der Waals surface area (Å²) in [6.45, 7) is 0. The highest BCUT2D eigenvalue weighted by Crippen LogP contribution is 2.23. The maximum atomic E-state index is 3.44. The molecule has 0 fully saturated rings. The first-order chi connectivity index (χ1) is 9.35. The van der Waals surface area contributed by atoms with Crippen LogP contribution < -0.4 is 5.32 Å². The molecule has 0 unspecified atom stereocenters. The smallest absolute Gasteiger partial charge is 0.0390 e. The number of fused-ring (bicyclic) bond motifs is 1. The standard InChI is InChI=1S/C17H15NS/c1-19-17-10-8-15(9-11-17)18-16-7-6-13-4-2-3-5-14(13)12-16/h2-12,18H,1H3. The van der Waals surface area contributed by atoms with Crippen LogP contribution in [0.15, 0.2) is 71.6 Å². The molecular weight excluding hydrogens is 250 g/mol. The third-order valence-electron chi connectivity index (χ3n) is 3.13. The molecule has 1 nitrogen and oxygen atoms in total. The van der Waals surface area contributed by atoms with Gasteiger partial charge in [0.25, 0.3) is 0 Å². The second-order valence-electron chi connectivity index (χ2n) is 4.42. The lowest BCUT2D eigenvalue weighted by Gasteiger charge is -2.08. The van der Waals surface area contributed by atoms with E-state index < -0.39 is 0 Å². The van der Waals surface area contributed by atoms with E-state index in [0.717, 1.165) is 11.4 Å². The number of benzene rings is 3. The van der Waals surface area contributed by atoms with Gasteiger partial charge in [0.1, 0.15) is 0 Å². The maximum Gasteiger partial charge on any atom is 0.0390 e. The van der Waals surface area contributed by atoms with Crippen LogP contribution in [0.3, 0.4) is 0 Å². The van der Waals surface area contributed by atoms with Crippen molar-refractivity contribution in [2.24, 2.45) is 0 Å². The molecule has 0 amide bonds. The van der Waals surface area contributed by atoms with Crippen molar-refractivity contribution in [1.29, 1.82) is 0 Å². The molecule has 94 valence electrons. The fourth-order valence-corrected chi connectivity index (χ4v) is 2.52. The lowest BCUT2D eigenvalue weighted by molar-refractivity contribution is 1.45. The highest BCUT2D eigenvalue weighted by atomic mass is 32.2. The van der Waals surface area contributed by atoms with Crippen LogP contribution in [0.2, 0.25) is 0 Å². The molecule has 0 spiro atoms. The molecule has 3 aromatic carbocycles. The molecule has 0 bridgehead atoms. The third kappa shape index (κ3) is 2.74. The Labute approximate surface area is 117 Å². The highest BCUT2D eigenvalue weighted by Gasteiger charge is 1.97. The van der Waals surface area contributed by atoms with Crippen LogP contribution in [-0.2, 0) is 0 Å². The Morgan fingerprint density at radius 3 is 2.16 bits per heavy atom. The molecule has 0 saturated carbocycles. The van der Waals surface area contributed by atoms with E-state index in [-0.39, 0.29) is 0 Å². The van der Waals surface area contributed by atoms with Gasteiger partial charge in [-0.2, -0.15) is 0 Å². The highest BCUT2D eigenvalue weighted by molar-refractivity contribution is 7.98. The van der Waals surface area contributed by atoms with Crippen LogP contribution in [0, 0.1) is 0 Å². The molecule has 0 atom stereocenters. The SMILES string of the molecule is CSc1ccc(Nc2ccc3ccccc3c2)cc1. The molecule has 0 saturated heterocycles. The first-order valence-corrected chi connectivity index (χ1v) is 7.47. The van der Waals surface area contributed by atoms with Crippen molar-refractivity contribution in [2.45, 2.75) is 4.90 Å². The van der Waals surface area contributed by atoms with Crippen LogP contribution in [0.25, 0.3) is 10.8 Å². The van der Waals surface area contributed by atoms with Gasteiger partial charge < -0.3 is 5.32 Å². The van der Waals surface area contributed by atoms with E-state index in [1.54, 1.807) is 11.8 Å². The minimum atomic E-state index is 1.12. The molecule has 3 aromatic rings. The number of rotatable bonds is 3. The Morgan fingerprint density at radius 2 is 1.42 bits per heavy atom. The summed E-state index contributed by atoms with van der Waals surface area (Å²) in [5.41, 5.74) is 2.24. The van der Waals surface area contributed by atoms with E-state index in [9.17, 15) is 0 Å². The van der Waals surface area contributed by atoms with E-state index in [0.29, 0.717) is 0 Å². The quantitative estimate of drug-likeness (QED) is 0.644. The molecule has 0 radical (unpaired) electrons. The number of nitrogens with one attached hydrogen (secondary N) is 1. The van der Waals surface area contributed by atoms with Gasteiger partial charge >= 0.3 is 0 Å². The van der Waals surface area contributed by atoms with E-state index in [1.165, 1.54) is 15.7 Å². The first-order valence-electron chi connectivity index (χ1n) is 6.25. The van der Waals surface area contributed by atoms with Crippen molar-refractivity contribution in [1.82, 2.24) is 0 Å². The van der Waals surface area contributed by atoms with Crippen molar-refractivity contribution in [3.8, 4) is 0 Å². The third-order valence-corrected chi connectivity index (χ3v) is 3.87. The molecule has 0 aliphatic rings. The molecular formula is C17H15NS. The lowest BCUT2D eigenvalue weighted by atomic mass is 10.1. The zero-order valence-electron chi connectivity index (χ0n) is 10.8. The molecule has 0 heterocycles. The Hall–Kier alpha value is -1.93. The summed E-state index contributed by atoms with van der Waals surface area (Å²) in [5.74, 6) is 0. The predicted molar refractivity (Wildman–Crippen MR) is 85.5 cm³/mol. The van der Waals surface area contributed by atoms with Crippen molar-refractivity contribution in [3.05, 3.63) is 66.7 Å². The molecule has 3 rings (SSSR count). The number of hydrogen-bond acceptors (Lipinski definition) is 2. The monoisotopic (exact) mass is 265 g/mol. The molecule has 1 N–H and O–H groups in total. The molecule has 0 aliphatic carbocycles. The van der Waals surface area contributed by atoms with Gasteiger partial charge in [0.2, 0.25) is 0 Å². The Morgan fingerprint density at radius 1 is 0.737 bits per heavy atom. The van der Waals surface area contributed by atoms with E-state index >= 15 is 0 Å². The van der Waals surface area contributed by atoms with Gasteiger partial charge in [0.05, 0.1) is 0 Å². The zero-order valence-corrected chi connectivity index (χ0v) is 11.6. The van der Waals surface area contributed by atoms with Crippen molar-refractivity contribution >= 4 is 33.9 Å². The van der Waals surface area contributed by atoms with Crippen LogP contribution in [0.4, 0.5) is 11.4 Å². The summed E-state index contributed by atoms with van der Waals surface area (Å²) in [6, 6.07) is 23.3. The second kappa shape index (κ2) is 5.37. The molecule has 2 heteroatoms. The van der Waals surface area contributed by atoms with Crippen LogP contribution in [0.5, 0.6) is 0 Å². The molecule has 0 aliphatic heterocycles. The van der Waals surface area contributed by atoms with Gasteiger partial charge in [-0.15, -0.1) is 11.8 Å². The molecule has 0 aromatic heterocycles. The van der Waals surface area contributed by atoms with Crippen molar-refractivity contribution in [3.63, 3.8) is 0 Å². The van der Waals surface area contributed by atoms with Crippen LogP contribution >= 0.6 is 11.8 Å². The number of hydrogen-bond donors (Lipinski definition) is 1. The van der Waals surface area contributed by atoms with Gasteiger partial charge in [0.15, 0.2) is 0 Å². The average Bonchev–Trinajstić information content (AvgIpc) is 2.48. The fraction of sp³-hybridized carbons (Fsp3) is 0.0588. The van der Waals surface area contributed by atoms with Gasteiger partial charge in [-0.1, -0.05) is 30.3 Å². The topological polar surface area (TPSA) is 12.0 Å². The fourth-order valence-electron chi connectivity index (χ4n) is 2.11. The number of anilines is 2. The summed E-state index contributed by atoms with van der Waals surface area (Å²) in [5, 5.41) is 5.96. The summed E-state index contributed by atoms with van der Waals surface area (Å²) in [7, 11) is 0. The summed E-state index contributed by atoms with van der Waals surface area (Å²) >= 11 is 1.76. The predicted octanol–water partition coefficient (Wildman–Crippen LogP) is 5.31. The first kappa shape index (κ1) is 12.1. The summed E-state index contributed by atoms with van der Waals surface area (Å²) in [4.78, 5) is 1.28. The van der Waals surface area contributed by atoms with Gasteiger partial charge in [-0.05, 0) is 53.4 Å². The normalized spacial score (nSPS) is 10.6. The zero-order chi connectivity index (χ0) is 13.1.